The molecule has 0 N–H and O–H groups in total. The van der Waals surface area contributed by atoms with Gasteiger partial charge in [-0.25, -0.2) is 0 Å². The Kier molecular flexibility index (Phi) is 9.13. The van der Waals surface area contributed by atoms with E-state index in [9.17, 15) is 14.1 Å². The van der Waals surface area contributed by atoms with Gasteiger partial charge in [0.05, 0.1) is 0 Å². The molecule has 0 aromatic heterocycles. The average molecular weight is 507 g/mol. The SMILES string of the molecule is C=Cc1ccc(COc2c(C)cc([SH2+])cc2C)cc1.[F-].[F][Sb]([F])([F])([F])[F]. The predicted octanol–water partition coefficient (Wildman–Crippen LogP) is 2.62. The first kappa shape index (κ1) is 24.7. The third-order valence-corrected chi connectivity index (χ3v) is 3.35. The molecule has 0 saturated carbocycles. The molecule has 2 aromatic carbocycles. The summed E-state index contributed by atoms with van der Waals surface area (Å²) < 4.78 is 55.5. The molecule has 0 saturated heterocycles. The van der Waals surface area contributed by atoms with Gasteiger partial charge in [0.15, 0.2) is 4.90 Å². The minimum atomic E-state index is -9.19. The first-order chi connectivity index (χ1) is 11.3. The molecule has 0 unspecified atom stereocenters. The van der Waals surface area contributed by atoms with Crippen LogP contribution in [-0.2, 0) is 19.2 Å². The van der Waals surface area contributed by atoms with Gasteiger partial charge in [0.25, 0.3) is 0 Å². The Morgan fingerprint density at radius 1 is 1.00 bits per heavy atom. The first-order valence-electron chi connectivity index (χ1n) is 7.11. The fourth-order valence-electron chi connectivity index (χ4n) is 2.08. The Morgan fingerprint density at radius 3 is 1.81 bits per heavy atom. The number of ether oxygens (including phenoxy) is 1. The zero-order valence-corrected chi connectivity index (χ0v) is 17.6. The summed E-state index contributed by atoms with van der Waals surface area (Å²) in [6.45, 7) is 8.46. The van der Waals surface area contributed by atoms with E-state index in [1.807, 2.05) is 18.2 Å². The van der Waals surface area contributed by atoms with Crippen LogP contribution in [0.2, 0.25) is 0 Å². The molecule has 146 valence electrons. The number of benzene rings is 2. The van der Waals surface area contributed by atoms with Crippen molar-refractivity contribution in [2.75, 3.05) is 0 Å². The van der Waals surface area contributed by atoms with Crippen molar-refractivity contribution in [1.29, 1.82) is 0 Å². The monoisotopic (exact) mass is 506 g/mol. The molecule has 9 heteroatoms. The molecule has 0 fully saturated rings. The molecule has 2 rings (SSSR count). The van der Waals surface area contributed by atoms with E-state index in [1.54, 1.807) is 0 Å². The summed E-state index contributed by atoms with van der Waals surface area (Å²) in [6, 6.07) is 12.4. The molecule has 1 nitrogen and oxygen atoms in total. The van der Waals surface area contributed by atoms with E-state index < -0.39 is 20.3 Å². The summed E-state index contributed by atoms with van der Waals surface area (Å²) >= 11 is -5.64. The van der Waals surface area contributed by atoms with Gasteiger partial charge in [-0.15, -0.1) is 0 Å². The summed E-state index contributed by atoms with van der Waals surface area (Å²) in [5.41, 5.74) is 4.58. The number of hydrogen-bond donors (Lipinski definition) is 0. The van der Waals surface area contributed by atoms with E-state index in [1.165, 1.54) is 0 Å². The molecule has 0 heterocycles. The van der Waals surface area contributed by atoms with Gasteiger partial charge in [-0.3, -0.25) is 0 Å². The first-order valence-corrected chi connectivity index (χ1v) is 12.4. The van der Waals surface area contributed by atoms with Crippen molar-refractivity contribution in [2.24, 2.45) is 0 Å². The maximum atomic E-state index is 9.91. The van der Waals surface area contributed by atoms with Crippen LogP contribution in [0.1, 0.15) is 22.3 Å². The average Bonchev–Trinajstić information content (AvgIpc) is 2.44. The number of hydrogen-bond acceptors (Lipinski definition) is 1. The Balaban J connectivity index is 0.000000777. The van der Waals surface area contributed by atoms with Crippen molar-refractivity contribution in [3.05, 3.63) is 65.2 Å². The molecule has 0 aliphatic heterocycles. The number of halogens is 6. The van der Waals surface area contributed by atoms with Crippen LogP contribution >= 0.6 is 0 Å². The molecular formula is C17H19F6OSSb. The summed E-state index contributed by atoms with van der Waals surface area (Å²) in [7, 11) is 0. The normalized spacial score (nSPS) is 11.9. The molecule has 0 atom stereocenters. The number of rotatable bonds is 4. The second-order valence-corrected chi connectivity index (χ2v) is 9.54. The fourth-order valence-corrected chi connectivity index (χ4v) is 2.52. The summed E-state index contributed by atoms with van der Waals surface area (Å²) in [5.74, 6) is 0.967. The Morgan fingerprint density at radius 2 is 1.42 bits per heavy atom. The van der Waals surface area contributed by atoms with Gasteiger partial charge >= 0.3 is 34.4 Å². The minimum absolute atomic E-state index is 0. The van der Waals surface area contributed by atoms with Crippen LogP contribution in [-0.4, -0.2) is 20.3 Å². The van der Waals surface area contributed by atoms with Gasteiger partial charge in [-0.1, -0.05) is 36.9 Å². The van der Waals surface area contributed by atoms with Gasteiger partial charge in [-0.05, 0) is 60.9 Å². The predicted molar refractivity (Wildman–Crippen MR) is 96.5 cm³/mol. The van der Waals surface area contributed by atoms with Gasteiger partial charge in [0, 0.05) is 0 Å². The molecule has 0 radical (unpaired) electrons. The zero-order valence-electron chi connectivity index (χ0n) is 14.1. The number of aryl methyl sites for hydroxylation is 2. The van der Waals surface area contributed by atoms with E-state index in [4.69, 9.17) is 4.74 Å². The van der Waals surface area contributed by atoms with E-state index >= 15 is 0 Å². The van der Waals surface area contributed by atoms with Gasteiger partial charge < -0.3 is 9.44 Å². The van der Waals surface area contributed by atoms with Crippen molar-refractivity contribution in [2.45, 2.75) is 25.3 Å². The van der Waals surface area contributed by atoms with Crippen LogP contribution in [0, 0.1) is 13.8 Å². The summed E-state index contributed by atoms with van der Waals surface area (Å²) in [5, 5.41) is 0. The van der Waals surface area contributed by atoms with Crippen LogP contribution in [0.3, 0.4) is 0 Å². The van der Waals surface area contributed by atoms with Gasteiger partial charge in [0.2, 0.25) is 0 Å². The molecule has 2 aromatic rings. The van der Waals surface area contributed by atoms with E-state index in [-0.39, 0.29) is 4.70 Å². The van der Waals surface area contributed by atoms with Crippen LogP contribution in [0.15, 0.2) is 47.9 Å². The van der Waals surface area contributed by atoms with E-state index in [0.717, 1.165) is 32.9 Å². The Bertz CT molecular complexity index is 701. The molecule has 0 aliphatic rings. The van der Waals surface area contributed by atoms with Crippen molar-refractivity contribution >= 4 is 39.0 Å². The zero-order chi connectivity index (χ0) is 19.3. The van der Waals surface area contributed by atoms with Crippen molar-refractivity contribution < 1.29 is 23.5 Å². The second-order valence-electron chi connectivity index (χ2n) is 5.31. The molecule has 0 amide bonds. The third-order valence-electron chi connectivity index (χ3n) is 3.06. The van der Waals surface area contributed by atoms with Crippen LogP contribution in [0.25, 0.3) is 6.08 Å². The topological polar surface area (TPSA) is 9.23 Å². The third kappa shape index (κ3) is 10.7. The van der Waals surface area contributed by atoms with Crippen molar-refractivity contribution in [3.8, 4) is 5.75 Å². The van der Waals surface area contributed by atoms with Crippen LogP contribution in [0.4, 0.5) is 14.1 Å². The van der Waals surface area contributed by atoms with Crippen LogP contribution in [0.5, 0.6) is 5.75 Å². The Labute approximate surface area is 158 Å². The molecule has 0 aliphatic carbocycles. The second kappa shape index (κ2) is 9.60. The van der Waals surface area contributed by atoms with E-state index in [0.29, 0.717) is 6.61 Å². The van der Waals surface area contributed by atoms with Crippen molar-refractivity contribution in [3.63, 3.8) is 0 Å². The molecule has 26 heavy (non-hydrogen) atoms. The van der Waals surface area contributed by atoms with Gasteiger partial charge in [0.1, 0.15) is 12.4 Å². The molecule has 0 bridgehead atoms. The Hall–Kier alpha value is -1.27. The van der Waals surface area contributed by atoms with E-state index in [2.05, 4.69) is 57.3 Å². The summed E-state index contributed by atoms with van der Waals surface area (Å²) in [4.78, 5) is 1.08. The summed E-state index contributed by atoms with van der Waals surface area (Å²) in [6.07, 6.45) is 1.84. The van der Waals surface area contributed by atoms with Gasteiger partial charge in [-0.2, -0.15) is 0 Å². The van der Waals surface area contributed by atoms with Crippen LogP contribution < -0.4 is 9.44 Å². The van der Waals surface area contributed by atoms with Crippen molar-refractivity contribution in [1.82, 2.24) is 0 Å². The standard InChI is InChI=1S/C17H18OS.6FH.Sb/c1-4-14-5-7-15(8-6-14)11-18-17-12(2)9-16(19)10-13(17)3;;;;;;;/h4-10,19H,1,11H2,2-3H3;6*1H;/q;;;;;;;+5/p-5. The molecule has 0 spiro atoms. The quantitative estimate of drug-likeness (QED) is 0.352. The molecular weight excluding hydrogens is 488 g/mol. The fraction of sp³-hybridized carbons (Fsp3) is 0.176. The maximum absolute atomic E-state index is 9.91.